The number of nitrogens with one attached hydrogen (secondary N) is 3. The predicted molar refractivity (Wildman–Crippen MR) is 119 cm³/mol. The summed E-state index contributed by atoms with van der Waals surface area (Å²) in [5.74, 6) is -0.649. The van der Waals surface area contributed by atoms with Gasteiger partial charge in [-0.05, 0) is 48.7 Å². The number of hydrogen-bond acceptors (Lipinski definition) is 5. The van der Waals surface area contributed by atoms with Crippen LogP contribution >= 0.6 is 0 Å². The number of rotatable bonds is 4. The summed E-state index contributed by atoms with van der Waals surface area (Å²) in [6.45, 7) is 0.630. The van der Waals surface area contributed by atoms with Gasteiger partial charge in [0.1, 0.15) is 5.84 Å². The Morgan fingerprint density at radius 1 is 1.03 bits per heavy atom. The van der Waals surface area contributed by atoms with Crippen LogP contribution in [-0.2, 0) is 19.6 Å². The van der Waals surface area contributed by atoms with Crippen molar-refractivity contribution in [3.63, 3.8) is 0 Å². The number of amidine groups is 1. The molecule has 0 fully saturated rings. The average Bonchev–Trinajstić information content (AvgIpc) is 3.01. The van der Waals surface area contributed by atoms with Crippen LogP contribution in [0.1, 0.15) is 43.6 Å². The summed E-state index contributed by atoms with van der Waals surface area (Å²) in [7, 11) is -3.74. The van der Waals surface area contributed by atoms with Gasteiger partial charge in [-0.2, -0.15) is 0 Å². The summed E-state index contributed by atoms with van der Waals surface area (Å²) >= 11 is 0. The first-order chi connectivity index (χ1) is 14.9. The molecule has 9 heteroatoms. The van der Waals surface area contributed by atoms with E-state index in [9.17, 15) is 18.0 Å². The highest BCUT2D eigenvalue weighted by Gasteiger charge is 2.30. The molecule has 31 heavy (non-hydrogen) atoms. The molecule has 2 aliphatic rings. The van der Waals surface area contributed by atoms with Crippen molar-refractivity contribution in [2.24, 2.45) is 4.99 Å². The topological polar surface area (TPSA) is 117 Å². The van der Waals surface area contributed by atoms with Crippen molar-refractivity contribution in [3.8, 4) is 0 Å². The van der Waals surface area contributed by atoms with E-state index in [0.717, 1.165) is 24.8 Å². The molecule has 2 aromatic rings. The van der Waals surface area contributed by atoms with Gasteiger partial charge in [0.2, 0.25) is 11.8 Å². The van der Waals surface area contributed by atoms with Gasteiger partial charge in [-0.1, -0.05) is 24.6 Å². The van der Waals surface area contributed by atoms with Crippen molar-refractivity contribution in [3.05, 3.63) is 54.1 Å². The number of aliphatic imine (C=N–C) groups is 1. The molecule has 2 heterocycles. The molecule has 0 saturated carbocycles. The highest BCUT2D eigenvalue weighted by Crippen LogP contribution is 2.32. The standard InChI is InChI=1S/C22H24N4O4S/c27-21-14-18(17-6-3-4-7-19(17)25-21)22(28)24-15-9-11-16(12-10-15)31(29,30)26-20-8-2-1-5-13-23-20/h3-4,6-7,9-12,18H,1-2,5,8,13-14H2,(H,23,26)(H,24,28)(H,25,27). The van der Waals surface area contributed by atoms with Crippen LogP contribution in [0.3, 0.4) is 0 Å². The third-order valence-corrected chi connectivity index (χ3v) is 6.77. The van der Waals surface area contributed by atoms with Gasteiger partial charge in [-0.25, -0.2) is 8.42 Å². The van der Waals surface area contributed by atoms with E-state index in [0.29, 0.717) is 30.2 Å². The summed E-state index contributed by atoms with van der Waals surface area (Å²) in [4.78, 5) is 29.2. The van der Waals surface area contributed by atoms with Gasteiger partial charge in [0.05, 0.1) is 10.8 Å². The second kappa shape index (κ2) is 8.89. The van der Waals surface area contributed by atoms with Crippen LogP contribution in [0.5, 0.6) is 0 Å². The van der Waals surface area contributed by atoms with E-state index in [2.05, 4.69) is 20.3 Å². The second-order valence-electron chi connectivity index (χ2n) is 7.65. The van der Waals surface area contributed by atoms with Gasteiger partial charge in [0, 0.05) is 30.8 Å². The summed E-state index contributed by atoms with van der Waals surface area (Å²) in [6.07, 6.45) is 3.59. The third-order valence-electron chi connectivity index (χ3n) is 5.37. The number of nitrogens with zero attached hydrogens (tertiary/aromatic N) is 1. The van der Waals surface area contributed by atoms with Gasteiger partial charge >= 0.3 is 0 Å². The molecule has 2 aromatic carbocycles. The van der Waals surface area contributed by atoms with Crippen molar-refractivity contribution in [1.29, 1.82) is 0 Å². The monoisotopic (exact) mass is 440 g/mol. The molecule has 4 rings (SSSR count). The number of amides is 2. The first kappa shape index (κ1) is 21.0. The fourth-order valence-corrected chi connectivity index (χ4v) is 4.85. The Morgan fingerprint density at radius 3 is 2.61 bits per heavy atom. The molecule has 0 aromatic heterocycles. The maximum Gasteiger partial charge on any atom is 0.262 e. The first-order valence-electron chi connectivity index (χ1n) is 10.3. The van der Waals surface area contributed by atoms with E-state index >= 15 is 0 Å². The molecule has 2 aliphatic heterocycles. The Kier molecular flexibility index (Phi) is 6.03. The van der Waals surface area contributed by atoms with E-state index in [-0.39, 0.29) is 23.1 Å². The highest BCUT2D eigenvalue weighted by atomic mass is 32.2. The SMILES string of the molecule is O=C1CC(C(=O)Nc2ccc(S(=O)(=O)NC3=NCCCCC3)cc2)c2ccccc2N1. The Hall–Kier alpha value is -3.20. The highest BCUT2D eigenvalue weighted by molar-refractivity contribution is 7.90. The number of anilines is 2. The fraction of sp³-hybridized carbons (Fsp3) is 0.318. The normalized spacial score (nSPS) is 18.8. The molecular weight excluding hydrogens is 416 g/mol. The van der Waals surface area contributed by atoms with E-state index in [4.69, 9.17) is 0 Å². The molecule has 0 saturated heterocycles. The summed E-state index contributed by atoms with van der Waals surface area (Å²) in [6, 6.07) is 13.2. The number of para-hydroxylation sites is 1. The third kappa shape index (κ3) is 4.93. The van der Waals surface area contributed by atoms with Gasteiger partial charge in [0.15, 0.2) is 0 Å². The van der Waals surface area contributed by atoms with Crippen molar-refractivity contribution in [1.82, 2.24) is 4.72 Å². The van der Waals surface area contributed by atoms with E-state index in [1.54, 1.807) is 12.1 Å². The van der Waals surface area contributed by atoms with E-state index < -0.39 is 15.9 Å². The number of fused-ring (bicyclic) bond motifs is 1. The Balaban J connectivity index is 1.46. The van der Waals surface area contributed by atoms with Crippen molar-refractivity contribution in [2.45, 2.75) is 42.9 Å². The zero-order valence-electron chi connectivity index (χ0n) is 16.9. The maximum absolute atomic E-state index is 12.8. The Labute approximate surface area is 181 Å². The molecule has 1 unspecified atom stereocenters. The molecular formula is C22H24N4O4S. The van der Waals surface area contributed by atoms with Crippen LogP contribution in [0.2, 0.25) is 0 Å². The second-order valence-corrected chi connectivity index (χ2v) is 9.33. The molecule has 0 bridgehead atoms. The Morgan fingerprint density at radius 2 is 1.81 bits per heavy atom. The minimum absolute atomic E-state index is 0.0569. The van der Waals surface area contributed by atoms with Gasteiger partial charge < -0.3 is 10.6 Å². The molecule has 2 amide bonds. The van der Waals surface area contributed by atoms with Crippen LogP contribution in [-0.4, -0.2) is 32.6 Å². The minimum atomic E-state index is -3.74. The molecule has 1 atom stereocenters. The number of carbonyl (C=O) groups excluding carboxylic acids is 2. The van der Waals surface area contributed by atoms with Gasteiger partial charge in [-0.15, -0.1) is 0 Å². The quantitative estimate of drug-likeness (QED) is 0.677. The lowest BCUT2D eigenvalue weighted by molar-refractivity contribution is -0.123. The molecule has 3 N–H and O–H groups in total. The summed E-state index contributed by atoms with van der Waals surface area (Å²) < 4.78 is 27.9. The van der Waals surface area contributed by atoms with Crippen molar-refractivity contribution in [2.75, 3.05) is 17.2 Å². The Bertz CT molecular complexity index is 1130. The number of hydrogen-bond donors (Lipinski definition) is 3. The number of carbonyl (C=O) groups is 2. The molecule has 0 aliphatic carbocycles. The van der Waals surface area contributed by atoms with Gasteiger partial charge in [-0.3, -0.25) is 19.3 Å². The van der Waals surface area contributed by atoms with Gasteiger partial charge in [0.25, 0.3) is 10.0 Å². The summed E-state index contributed by atoms with van der Waals surface area (Å²) in [5.41, 5.74) is 1.85. The zero-order chi connectivity index (χ0) is 21.8. The lowest BCUT2D eigenvalue weighted by Crippen LogP contribution is -2.31. The molecule has 162 valence electrons. The maximum atomic E-state index is 12.8. The van der Waals surface area contributed by atoms with E-state index in [1.165, 1.54) is 24.3 Å². The average molecular weight is 441 g/mol. The van der Waals surface area contributed by atoms with Crippen LogP contribution in [0.25, 0.3) is 0 Å². The minimum Gasteiger partial charge on any atom is -0.326 e. The smallest absolute Gasteiger partial charge is 0.262 e. The predicted octanol–water partition coefficient (Wildman–Crippen LogP) is 3.00. The van der Waals surface area contributed by atoms with Crippen LogP contribution in [0, 0.1) is 0 Å². The number of sulfonamides is 1. The van der Waals surface area contributed by atoms with E-state index in [1.807, 2.05) is 12.1 Å². The lowest BCUT2D eigenvalue weighted by Gasteiger charge is -2.24. The molecule has 0 radical (unpaired) electrons. The van der Waals surface area contributed by atoms with Crippen LogP contribution in [0.15, 0.2) is 58.4 Å². The summed E-state index contributed by atoms with van der Waals surface area (Å²) in [5, 5.41) is 5.55. The van der Waals surface area contributed by atoms with Crippen molar-refractivity contribution < 1.29 is 18.0 Å². The molecule has 8 nitrogen and oxygen atoms in total. The van der Waals surface area contributed by atoms with Crippen LogP contribution < -0.4 is 15.4 Å². The number of benzene rings is 2. The van der Waals surface area contributed by atoms with Crippen molar-refractivity contribution >= 4 is 39.0 Å². The largest absolute Gasteiger partial charge is 0.326 e. The van der Waals surface area contributed by atoms with Crippen LogP contribution in [0.4, 0.5) is 11.4 Å². The first-order valence-corrected chi connectivity index (χ1v) is 11.8. The lowest BCUT2D eigenvalue weighted by atomic mass is 9.90. The molecule has 0 spiro atoms. The fourth-order valence-electron chi connectivity index (χ4n) is 3.76. The zero-order valence-corrected chi connectivity index (χ0v) is 17.7.